The molecule has 156 valence electrons. The van der Waals surface area contributed by atoms with E-state index in [4.69, 9.17) is 4.98 Å². The molecule has 1 amide bonds. The van der Waals surface area contributed by atoms with Crippen molar-refractivity contribution in [2.45, 2.75) is 18.9 Å². The monoisotopic (exact) mass is 414 g/mol. The Morgan fingerprint density at radius 3 is 2.58 bits per heavy atom. The number of nitrogens with one attached hydrogen (secondary N) is 2. The Bertz CT molecular complexity index is 1220. The van der Waals surface area contributed by atoms with Gasteiger partial charge in [-0.1, -0.05) is 12.1 Å². The SMILES string of the molecule is O=C(NC1CC1)c1ccc(-c2cnc3c(NCCO)nc(-c4ccncc4)cn23)cc1. The maximum atomic E-state index is 12.3. The van der Waals surface area contributed by atoms with E-state index in [1.54, 1.807) is 18.6 Å². The second-order valence-corrected chi connectivity index (χ2v) is 7.52. The van der Waals surface area contributed by atoms with Crippen LogP contribution in [0.1, 0.15) is 23.2 Å². The van der Waals surface area contributed by atoms with E-state index in [9.17, 15) is 9.90 Å². The molecule has 0 radical (unpaired) electrons. The van der Waals surface area contributed by atoms with Crippen molar-refractivity contribution in [3.05, 3.63) is 66.7 Å². The average molecular weight is 414 g/mol. The lowest BCUT2D eigenvalue weighted by Crippen LogP contribution is -2.25. The summed E-state index contributed by atoms with van der Waals surface area (Å²) in [5.41, 5.74) is 4.82. The van der Waals surface area contributed by atoms with Gasteiger partial charge in [0.1, 0.15) is 0 Å². The van der Waals surface area contributed by atoms with E-state index in [0.717, 1.165) is 35.4 Å². The molecular formula is C23H22N6O2. The highest BCUT2D eigenvalue weighted by atomic mass is 16.3. The van der Waals surface area contributed by atoms with Crippen LogP contribution in [0.25, 0.3) is 28.2 Å². The molecule has 8 nitrogen and oxygen atoms in total. The predicted octanol–water partition coefficient (Wildman–Crippen LogP) is 2.75. The minimum Gasteiger partial charge on any atom is -0.395 e. The predicted molar refractivity (Wildman–Crippen MR) is 118 cm³/mol. The fourth-order valence-electron chi connectivity index (χ4n) is 3.45. The van der Waals surface area contributed by atoms with Crippen LogP contribution in [-0.4, -0.2) is 49.6 Å². The van der Waals surface area contributed by atoms with E-state index < -0.39 is 0 Å². The second kappa shape index (κ2) is 8.16. The van der Waals surface area contributed by atoms with Gasteiger partial charge in [0.2, 0.25) is 0 Å². The number of benzene rings is 1. The summed E-state index contributed by atoms with van der Waals surface area (Å²) in [6, 6.07) is 11.7. The fraction of sp³-hybridized carbons (Fsp3) is 0.217. The Balaban J connectivity index is 1.54. The third kappa shape index (κ3) is 3.97. The highest BCUT2D eigenvalue weighted by molar-refractivity contribution is 5.95. The van der Waals surface area contributed by atoms with E-state index in [2.05, 4.69) is 20.6 Å². The molecule has 0 bridgehead atoms. The van der Waals surface area contributed by atoms with Gasteiger partial charge in [0.15, 0.2) is 11.5 Å². The summed E-state index contributed by atoms with van der Waals surface area (Å²) in [6.45, 7) is 0.362. The largest absolute Gasteiger partial charge is 0.395 e. The summed E-state index contributed by atoms with van der Waals surface area (Å²) < 4.78 is 1.97. The van der Waals surface area contributed by atoms with E-state index >= 15 is 0 Å². The lowest BCUT2D eigenvalue weighted by Gasteiger charge is -2.11. The maximum absolute atomic E-state index is 12.3. The lowest BCUT2D eigenvalue weighted by atomic mass is 10.1. The average Bonchev–Trinajstić information content (AvgIpc) is 3.53. The molecular weight excluding hydrogens is 392 g/mol. The first-order valence-electron chi connectivity index (χ1n) is 10.3. The molecule has 1 aliphatic rings. The Morgan fingerprint density at radius 1 is 1.10 bits per heavy atom. The quantitative estimate of drug-likeness (QED) is 0.430. The molecule has 3 aromatic heterocycles. The van der Waals surface area contributed by atoms with Gasteiger partial charge in [-0.25, -0.2) is 9.97 Å². The minimum atomic E-state index is -0.0353. The number of fused-ring (bicyclic) bond motifs is 1. The minimum absolute atomic E-state index is 0.00866. The summed E-state index contributed by atoms with van der Waals surface area (Å²) in [4.78, 5) is 25.6. The molecule has 1 saturated carbocycles. The molecule has 8 heteroatoms. The van der Waals surface area contributed by atoms with E-state index in [1.807, 2.05) is 47.0 Å². The molecule has 0 saturated heterocycles. The zero-order chi connectivity index (χ0) is 21.2. The topological polar surface area (TPSA) is 104 Å². The van der Waals surface area contributed by atoms with Crippen LogP contribution in [0.2, 0.25) is 0 Å². The van der Waals surface area contributed by atoms with Crippen LogP contribution in [0.15, 0.2) is 61.2 Å². The van der Waals surface area contributed by atoms with Crippen molar-refractivity contribution in [3.63, 3.8) is 0 Å². The number of imidazole rings is 1. The highest BCUT2D eigenvalue weighted by Crippen LogP contribution is 2.28. The van der Waals surface area contributed by atoms with Crippen molar-refractivity contribution in [2.24, 2.45) is 0 Å². The summed E-state index contributed by atoms with van der Waals surface area (Å²) in [6.07, 6.45) is 9.30. The molecule has 4 aromatic rings. The molecule has 0 atom stereocenters. The van der Waals surface area contributed by atoms with Crippen LogP contribution in [-0.2, 0) is 0 Å². The number of pyridine rings is 1. The number of aromatic nitrogens is 4. The third-order valence-corrected chi connectivity index (χ3v) is 5.23. The normalized spacial score (nSPS) is 13.3. The maximum Gasteiger partial charge on any atom is 0.251 e. The third-order valence-electron chi connectivity index (χ3n) is 5.23. The molecule has 5 rings (SSSR count). The van der Waals surface area contributed by atoms with E-state index in [0.29, 0.717) is 29.6 Å². The van der Waals surface area contributed by atoms with Crippen molar-refractivity contribution in [3.8, 4) is 22.5 Å². The van der Waals surface area contributed by atoms with Crippen molar-refractivity contribution in [1.82, 2.24) is 24.7 Å². The summed E-state index contributed by atoms with van der Waals surface area (Å²) in [5.74, 6) is 0.557. The number of hydrogen-bond acceptors (Lipinski definition) is 6. The van der Waals surface area contributed by atoms with E-state index in [-0.39, 0.29) is 12.5 Å². The van der Waals surface area contributed by atoms with Gasteiger partial charge in [-0.3, -0.25) is 14.2 Å². The van der Waals surface area contributed by atoms with Crippen LogP contribution in [0.5, 0.6) is 0 Å². The van der Waals surface area contributed by atoms with Gasteiger partial charge in [-0.2, -0.15) is 0 Å². The first-order chi connectivity index (χ1) is 15.2. The van der Waals surface area contributed by atoms with Crippen LogP contribution in [0, 0.1) is 0 Å². The molecule has 31 heavy (non-hydrogen) atoms. The lowest BCUT2D eigenvalue weighted by molar-refractivity contribution is 0.0951. The Kier molecular flexibility index (Phi) is 5.05. The number of carbonyl (C=O) groups is 1. The summed E-state index contributed by atoms with van der Waals surface area (Å²) in [5, 5.41) is 15.4. The van der Waals surface area contributed by atoms with Crippen LogP contribution < -0.4 is 10.6 Å². The summed E-state index contributed by atoms with van der Waals surface area (Å²) >= 11 is 0. The van der Waals surface area contributed by atoms with Gasteiger partial charge in [-0.15, -0.1) is 0 Å². The van der Waals surface area contributed by atoms with Crippen LogP contribution in [0.4, 0.5) is 5.82 Å². The zero-order valence-electron chi connectivity index (χ0n) is 16.8. The number of nitrogens with zero attached hydrogens (tertiary/aromatic N) is 4. The van der Waals surface area contributed by atoms with Crippen molar-refractivity contribution in [1.29, 1.82) is 0 Å². The number of anilines is 1. The zero-order valence-corrected chi connectivity index (χ0v) is 16.8. The van der Waals surface area contributed by atoms with Crippen molar-refractivity contribution >= 4 is 17.4 Å². The second-order valence-electron chi connectivity index (χ2n) is 7.52. The van der Waals surface area contributed by atoms with E-state index in [1.165, 1.54) is 0 Å². The molecule has 1 aliphatic carbocycles. The van der Waals surface area contributed by atoms with Crippen LogP contribution in [0.3, 0.4) is 0 Å². The van der Waals surface area contributed by atoms with Crippen molar-refractivity contribution < 1.29 is 9.90 Å². The molecule has 0 aliphatic heterocycles. The van der Waals surface area contributed by atoms with Crippen molar-refractivity contribution in [2.75, 3.05) is 18.5 Å². The summed E-state index contributed by atoms with van der Waals surface area (Å²) in [7, 11) is 0. The number of aliphatic hydroxyl groups is 1. The molecule has 0 spiro atoms. The smallest absolute Gasteiger partial charge is 0.251 e. The molecule has 3 N–H and O–H groups in total. The van der Waals surface area contributed by atoms with Gasteiger partial charge in [-0.05, 0) is 37.1 Å². The van der Waals surface area contributed by atoms with Gasteiger partial charge >= 0.3 is 0 Å². The number of hydrogen-bond donors (Lipinski definition) is 3. The highest BCUT2D eigenvalue weighted by Gasteiger charge is 2.23. The molecule has 3 heterocycles. The van der Waals surface area contributed by atoms with Gasteiger partial charge in [0, 0.05) is 47.9 Å². The van der Waals surface area contributed by atoms with Gasteiger partial charge < -0.3 is 15.7 Å². The van der Waals surface area contributed by atoms with Crippen LogP contribution >= 0.6 is 0 Å². The Labute approximate surface area is 179 Å². The Morgan fingerprint density at radius 2 is 1.87 bits per heavy atom. The first-order valence-corrected chi connectivity index (χ1v) is 10.3. The molecule has 1 aromatic carbocycles. The number of rotatable bonds is 7. The molecule has 1 fully saturated rings. The Hall–Kier alpha value is -3.78. The van der Waals surface area contributed by atoms with Gasteiger partial charge in [0.25, 0.3) is 5.91 Å². The fourth-order valence-corrected chi connectivity index (χ4v) is 3.45. The number of carbonyl (C=O) groups excluding carboxylic acids is 1. The first kappa shape index (κ1) is 19.2. The standard InChI is InChI=1S/C23H22N6O2/c30-12-11-25-21-22-26-13-20(29(22)14-19(28-21)15-7-9-24-10-8-15)16-1-3-17(4-2-16)23(31)27-18-5-6-18/h1-4,7-10,13-14,18,30H,5-6,11-12H2,(H,25,28)(H,27,31). The number of amides is 1. The molecule has 0 unspecified atom stereocenters. The number of aliphatic hydroxyl groups excluding tert-OH is 1. The van der Waals surface area contributed by atoms with Gasteiger partial charge in [0.05, 0.1) is 24.2 Å².